The zero-order valence-corrected chi connectivity index (χ0v) is 6.49. The molecule has 0 amide bonds. The Morgan fingerprint density at radius 2 is 2.55 bits per heavy atom. The van der Waals surface area contributed by atoms with E-state index in [2.05, 4.69) is 15.5 Å². The van der Waals surface area contributed by atoms with Crippen LogP contribution in [0.2, 0.25) is 0 Å². The fourth-order valence-corrected chi connectivity index (χ4v) is 0.746. The van der Waals surface area contributed by atoms with Crippen LogP contribution in [0.25, 0.3) is 0 Å². The minimum atomic E-state index is 0.151. The van der Waals surface area contributed by atoms with Crippen molar-refractivity contribution in [1.82, 2.24) is 20.1 Å². The summed E-state index contributed by atoms with van der Waals surface area (Å²) < 4.78 is 1.84. The Kier molecular flexibility index (Phi) is 3.00. The lowest BCUT2D eigenvalue weighted by Crippen LogP contribution is -2.19. The van der Waals surface area contributed by atoms with Crippen LogP contribution in [0.4, 0.5) is 0 Å². The maximum absolute atomic E-state index is 8.46. The van der Waals surface area contributed by atoms with Crippen molar-refractivity contribution >= 4 is 0 Å². The second-order valence-corrected chi connectivity index (χ2v) is 2.26. The monoisotopic (exact) mass is 156 g/mol. The number of aliphatic hydroxyl groups is 1. The molecule has 0 aliphatic rings. The average Bonchev–Trinajstić information content (AvgIpc) is 2.37. The number of hydrogen-bond acceptors (Lipinski definition) is 4. The van der Waals surface area contributed by atoms with Gasteiger partial charge in [0.05, 0.1) is 13.2 Å². The zero-order chi connectivity index (χ0) is 8.10. The summed E-state index contributed by atoms with van der Waals surface area (Å²) in [4.78, 5) is 0. The molecule has 1 aromatic heterocycles. The summed E-state index contributed by atoms with van der Waals surface area (Å²) >= 11 is 0. The van der Waals surface area contributed by atoms with Crippen LogP contribution in [0.15, 0.2) is 6.33 Å². The Morgan fingerprint density at radius 1 is 1.73 bits per heavy atom. The van der Waals surface area contributed by atoms with E-state index in [1.165, 1.54) is 0 Å². The summed E-state index contributed by atoms with van der Waals surface area (Å²) in [6.07, 6.45) is 1.65. The third kappa shape index (κ3) is 2.28. The van der Waals surface area contributed by atoms with Gasteiger partial charge in [0, 0.05) is 13.6 Å². The van der Waals surface area contributed by atoms with Gasteiger partial charge in [-0.05, 0) is 0 Å². The largest absolute Gasteiger partial charge is 0.395 e. The Labute approximate surface area is 65.1 Å². The molecule has 0 aliphatic heterocycles. The number of aryl methyl sites for hydroxylation is 1. The summed E-state index contributed by atoms with van der Waals surface area (Å²) in [7, 11) is 1.88. The van der Waals surface area contributed by atoms with Gasteiger partial charge in [0.1, 0.15) is 12.2 Å². The minimum absolute atomic E-state index is 0.151. The number of nitrogens with zero attached hydrogens (tertiary/aromatic N) is 3. The molecule has 0 bridgehead atoms. The number of aliphatic hydroxyl groups excluding tert-OH is 1. The van der Waals surface area contributed by atoms with Crippen LogP contribution in [0, 0.1) is 0 Å². The van der Waals surface area contributed by atoms with Gasteiger partial charge in [-0.25, -0.2) is 0 Å². The minimum Gasteiger partial charge on any atom is -0.395 e. The second-order valence-electron chi connectivity index (χ2n) is 2.26. The van der Waals surface area contributed by atoms with Crippen LogP contribution in [0.1, 0.15) is 5.82 Å². The van der Waals surface area contributed by atoms with Crippen molar-refractivity contribution in [2.24, 2.45) is 7.05 Å². The van der Waals surface area contributed by atoms with Crippen molar-refractivity contribution in [2.75, 3.05) is 13.2 Å². The normalized spacial score (nSPS) is 10.4. The van der Waals surface area contributed by atoms with Crippen molar-refractivity contribution in [3.63, 3.8) is 0 Å². The van der Waals surface area contributed by atoms with Gasteiger partial charge < -0.3 is 15.0 Å². The summed E-state index contributed by atoms with van der Waals surface area (Å²) in [5.74, 6) is 0.874. The van der Waals surface area contributed by atoms with Gasteiger partial charge in [0.25, 0.3) is 0 Å². The lowest BCUT2D eigenvalue weighted by molar-refractivity contribution is 0.291. The maximum atomic E-state index is 8.46. The molecule has 1 aromatic rings. The summed E-state index contributed by atoms with van der Waals surface area (Å²) in [5, 5.41) is 19.0. The van der Waals surface area contributed by atoms with E-state index < -0.39 is 0 Å². The van der Waals surface area contributed by atoms with Crippen molar-refractivity contribution in [1.29, 1.82) is 0 Å². The number of rotatable bonds is 4. The van der Waals surface area contributed by atoms with Gasteiger partial charge >= 0.3 is 0 Å². The molecular formula is C6H12N4O. The van der Waals surface area contributed by atoms with Gasteiger partial charge in [-0.2, -0.15) is 0 Å². The van der Waals surface area contributed by atoms with Crippen LogP contribution < -0.4 is 5.32 Å². The Balaban J connectivity index is 2.32. The fourth-order valence-electron chi connectivity index (χ4n) is 0.746. The molecular weight excluding hydrogens is 144 g/mol. The average molecular weight is 156 g/mol. The van der Waals surface area contributed by atoms with E-state index in [1.807, 2.05) is 11.6 Å². The first-order chi connectivity index (χ1) is 5.34. The molecule has 0 aliphatic carbocycles. The van der Waals surface area contributed by atoms with Crippen molar-refractivity contribution < 1.29 is 5.11 Å². The third-order valence-electron chi connectivity index (χ3n) is 1.38. The predicted molar refractivity (Wildman–Crippen MR) is 39.8 cm³/mol. The predicted octanol–water partition coefficient (Wildman–Crippen LogP) is -1.10. The topological polar surface area (TPSA) is 63.0 Å². The standard InChI is InChI=1S/C6H12N4O/c1-10-5-8-9-6(10)4-7-2-3-11/h5,7,11H,2-4H2,1H3. The van der Waals surface area contributed by atoms with E-state index in [1.54, 1.807) is 6.33 Å². The summed E-state index contributed by atoms with van der Waals surface area (Å²) in [5.41, 5.74) is 0. The van der Waals surface area contributed by atoms with Gasteiger partial charge in [-0.15, -0.1) is 10.2 Å². The first kappa shape index (κ1) is 8.16. The molecule has 0 fully saturated rings. The SMILES string of the molecule is Cn1cnnc1CNCCO. The van der Waals surface area contributed by atoms with Crippen LogP contribution in [-0.4, -0.2) is 33.0 Å². The number of aromatic nitrogens is 3. The molecule has 0 saturated carbocycles. The molecule has 2 N–H and O–H groups in total. The van der Waals surface area contributed by atoms with Gasteiger partial charge in [-0.1, -0.05) is 0 Å². The lowest BCUT2D eigenvalue weighted by Gasteiger charge is -2.00. The summed E-state index contributed by atoms with van der Waals surface area (Å²) in [6, 6.07) is 0. The molecule has 0 saturated heterocycles. The fraction of sp³-hybridized carbons (Fsp3) is 0.667. The first-order valence-electron chi connectivity index (χ1n) is 3.49. The molecule has 0 spiro atoms. The molecule has 1 heterocycles. The van der Waals surface area contributed by atoms with Crippen LogP contribution in [-0.2, 0) is 13.6 Å². The molecule has 5 heteroatoms. The van der Waals surface area contributed by atoms with E-state index in [4.69, 9.17) is 5.11 Å². The van der Waals surface area contributed by atoms with E-state index in [0.717, 1.165) is 5.82 Å². The number of hydrogen-bond donors (Lipinski definition) is 2. The molecule has 5 nitrogen and oxygen atoms in total. The Bertz CT molecular complexity index is 210. The highest BCUT2D eigenvalue weighted by Crippen LogP contribution is 1.88. The van der Waals surface area contributed by atoms with Gasteiger partial charge in [-0.3, -0.25) is 0 Å². The van der Waals surface area contributed by atoms with Crippen molar-refractivity contribution in [3.05, 3.63) is 12.2 Å². The van der Waals surface area contributed by atoms with Crippen molar-refractivity contribution in [3.8, 4) is 0 Å². The van der Waals surface area contributed by atoms with E-state index >= 15 is 0 Å². The first-order valence-corrected chi connectivity index (χ1v) is 3.49. The smallest absolute Gasteiger partial charge is 0.146 e. The maximum Gasteiger partial charge on any atom is 0.146 e. The molecule has 11 heavy (non-hydrogen) atoms. The van der Waals surface area contributed by atoms with E-state index in [9.17, 15) is 0 Å². The zero-order valence-electron chi connectivity index (χ0n) is 6.49. The molecule has 1 rings (SSSR count). The Morgan fingerprint density at radius 3 is 3.09 bits per heavy atom. The van der Waals surface area contributed by atoms with Crippen LogP contribution in [0.5, 0.6) is 0 Å². The highest BCUT2D eigenvalue weighted by Gasteiger charge is 1.97. The molecule has 0 unspecified atom stereocenters. The van der Waals surface area contributed by atoms with Crippen LogP contribution >= 0.6 is 0 Å². The highest BCUT2D eigenvalue weighted by atomic mass is 16.3. The lowest BCUT2D eigenvalue weighted by atomic mass is 10.5. The molecule has 0 atom stereocenters. The molecule has 0 radical (unpaired) electrons. The van der Waals surface area contributed by atoms with E-state index in [-0.39, 0.29) is 6.61 Å². The number of nitrogens with one attached hydrogen (secondary N) is 1. The molecule has 62 valence electrons. The second kappa shape index (κ2) is 4.05. The van der Waals surface area contributed by atoms with Crippen LogP contribution in [0.3, 0.4) is 0 Å². The van der Waals surface area contributed by atoms with Crippen molar-refractivity contribution in [2.45, 2.75) is 6.54 Å². The third-order valence-corrected chi connectivity index (χ3v) is 1.38. The van der Waals surface area contributed by atoms with E-state index in [0.29, 0.717) is 13.1 Å². The highest BCUT2D eigenvalue weighted by molar-refractivity contribution is 4.82. The Hall–Kier alpha value is -0.940. The van der Waals surface area contributed by atoms with Gasteiger partial charge in [0.2, 0.25) is 0 Å². The molecule has 0 aromatic carbocycles. The summed E-state index contributed by atoms with van der Waals surface area (Å²) in [6.45, 7) is 1.39. The van der Waals surface area contributed by atoms with Gasteiger partial charge in [0.15, 0.2) is 0 Å². The quantitative estimate of drug-likeness (QED) is 0.543.